The van der Waals surface area contributed by atoms with Gasteiger partial charge in [0.25, 0.3) is 0 Å². The molecule has 32 heavy (non-hydrogen) atoms. The molecule has 0 amide bonds. The second-order valence-corrected chi connectivity index (χ2v) is 8.39. The fraction of sp³-hybridized carbons (Fsp3) is 0.480. The van der Waals surface area contributed by atoms with Crippen LogP contribution in [0.15, 0.2) is 42.7 Å². The Morgan fingerprint density at radius 1 is 0.906 bits per heavy atom. The average molecular weight is 437 g/mol. The summed E-state index contributed by atoms with van der Waals surface area (Å²) >= 11 is 0. The van der Waals surface area contributed by atoms with Crippen molar-refractivity contribution in [3.8, 4) is 17.2 Å². The predicted octanol–water partition coefficient (Wildman–Crippen LogP) is 3.81. The third-order valence-electron chi connectivity index (χ3n) is 6.29. The van der Waals surface area contributed by atoms with E-state index in [9.17, 15) is 0 Å². The fourth-order valence-corrected chi connectivity index (χ4v) is 4.55. The van der Waals surface area contributed by atoms with Gasteiger partial charge in [-0.2, -0.15) is 0 Å². The predicted molar refractivity (Wildman–Crippen MR) is 126 cm³/mol. The Kier molecular flexibility index (Phi) is 6.34. The number of ether oxygens (including phenoxy) is 3. The Morgan fingerprint density at radius 2 is 1.72 bits per heavy atom. The van der Waals surface area contributed by atoms with E-state index in [-0.39, 0.29) is 0 Å². The molecule has 0 bridgehead atoms. The molecule has 3 heterocycles. The zero-order valence-electron chi connectivity index (χ0n) is 18.8. The Morgan fingerprint density at radius 3 is 2.56 bits per heavy atom. The lowest BCUT2D eigenvalue weighted by Gasteiger charge is -2.36. The number of aryl methyl sites for hydroxylation is 1. The Hall–Kier alpha value is -2.93. The standard InChI is InChI=1S/C25H32N4O3/c1-2-30-21-6-7-23-22(18-21)26-19-29(23)10-4-3-9-27-11-13-28(14-12-27)20-5-8-24-25(17-20)32-16-15-31-24/h5-8,17-19H,2-4,9-16H2,1H3. The van der Waals surface area contributed by atoms with E-state index in [1.807, 2.05) is 31.5 Å². The Balaban J connectivity index is 1.06. The topological polar surface area (TPSA) is 52.0 Å². The van der Waals surface area contributed by atoms with Crippen molar-refractivity contribution < 1.29 is 14.2 Å². The number of anilines is 1. The molecular weight excluding hydrogens is 404 g/mol. The molecule has 0 radical (unpaired) electrons. The molecule has 2 aliphatic heterocycles. The summed E-state index contributed by atoms with van der Waals surface area (Å²) in [5.41, 5.74) is 3.42. The van der Waals surface area contributed by atoms with Crippen molar-refractivity contribution in [2.45, 2.75) is 26.3 Å². The maximum atomic E-state index is 5.74. The highest BCUT2D eigenvalue weighted by atomic mass is 16.6. The SMILES string of the molecule is CCOc1ccc2c(c1)ncn2CCCCN1CCN(c2ccc3c(c2)OCCO3)CC1. The second-order valence-electron chi connectivity index (χ2n) is 8.39. The van der Waals surface area contributed by atoms with Crippen LogP contribution in [0.3, 0.4) is 0 Å². The van der Waals surface area contributed by atoms with E-state index >= 15 is 0 Å². The van der Waals surface area contributed by atoms with Crippen molar-refractivity contribution in [3.63, 3.8) is 0 Å². The van der Waals surface area contributed by atoms with Crippen LogP contribution in [0.4, 0.5) is 5.69 Å². The van der Waals surface area contributed by atoms with Gasteiger partial charge in [-0.15, -0.1) is 0 Å². The average Bonchev–Trinajstić information content (AvgIpc) is 3.24. The third kappa shape index (κ3) is 4.63. The summed E-state index contributed by atoms with van der Waals surface area (Å²) in [6.45, 7) is 10.4. The molecule has 2 aliphatic rings. The van der Waals surface area contributed by atoms with Crippen molar-refractivity contribution in [2.24, 2.45) is 0 Å². The zero-order valence-corrected chi connectivity index (χ0v) is 18.8. The maximum Gasteiger partial charge on any atom is 0.163 e. The fourth-order valence-electron chi connectivity index (χ4n) is 4.55. The molecule has 0 spiro atoms. The minimum atomic E-state index is 0.632. The summed E-state index contributed by atoms with van der Waals surface area (Å²) in [5.74, 6) is 2.62. The highest BCUT2D eigenvalue weighted by Crippen LogP contribution is 2.34. The van der Waals surface area contributed by atoms with E-state index in [1.165, 1.54) is 17.6 Å². The molecule has 0 unspecified atom stereocenters. The first kappa shape index (κ1) is 20.9. The van der Waals surface area contributed by atoms with Crippen molar-refractivity contribution >= 4 is 16.7 Å². The highest BCUT2D eigenvalue weighted by molar-refractivity contribution is 5.77. The smallest absolute Gasteiger partial charge is 0.163 e. The van der Waals surface area contributed by atoms with Crippen LogP contribution in [0.5, 0.6) is 17.2 Å². The minimum absolute atomic E-state index is 0.632. The normalized spacial score (nSPS) is 16.5. The van der Waals surface area contributed by atoms with Gasteiger partial charge in [-0.3, -0.25) is 4.90 Å². The van der Waals surface area contributed by atoms with Gasteiger partial charge in [0.05, 0.1) is 24.0 Å². The largest absolute Gasteiger partial charge is 0.494 e. The zero-order chi connectivity index (χ0) is 21.8. The second kappa shape index (κ2) is 9.69. The van der Waals surface area contributed by atoms with Gasteiger partial charge in [-0.1, -0.05) is 0 Å². The number of piperazine rings is 1. The summed E-state index contributed by atoms with van der Waals surface area (Å²) in [6.07, 6.45) is 4.30. The first-order chi connectivity index (χ1) is 15.8. The van der Waals surface area contributed by atoms with Gasteiger partial charge < -0.3 is 23.7 Å². The molecule has 7 heteroatoms. The first-order valence-corrected chi connectivity index (χ1v) is 11.7. The van der Waals surface area contributed by atoms with Crippen LogP contribution in [0, 0.1) is 0 Å². The van der Waals surface area contributed by atoms with Gasteiger partial charge in [0, 0.05) is 50.5 Å². The van der Waals surface area contributed by atoms with Crippen LogP contribution in [0.2, 0.25) is 0 Å². The summed E-state index contributed by atoms with van der Waals surface area (Å²) in [5, 5.41) is 0. The van der Waals surface area contributed by atoms with Crippen LogP contribution in [0.25, 0.3) is 11.0 Å². The number of rotatable bonds is 8. The van der Waals surface area contributed by atoms with Crippen molar-refractivity contribution in [1.29, 1.82) is 0 Å². The Bertz CT molecular complexity index is 1040. The van der Waals surface area contributed by atoms with E-state index in [1.54, 1.807) is 0 Å². The molecule has 1 saturated heterocycles. The molecule has 0 atom stereocenters. The molecule has 3 aromatic rings. The van der Waals surface area contributed by atoms with Crippen LogP contribution < -0.4 is 19.1 Å². The lowest BCUT2D eigenvalue weighted by atomic mass is 10.2. The van der Waals surface area contributed by atoms with E-state index in [4.69, 9.17) is 14.2 Å². The van der Waals surface area contributed by atoms with Gasteiger partial charge in [-0.05, 0) is 50.6 Å². The molecule has 1 fully saturated rings. The van der Waals surface area contributed by atoms with Crippen molar-refractivity contribution in [1.82, 2.24) is 14.5 Å². The number of nitrogens with zero attached hydrogens (tertiary/aromatic N) is 4. The monoisotopic (exact) mass is 436 g/mol. The van der Waals surface area contributed by atoms with Gasteiger partial charge in [0.15, 0.2) is 11.5 Å². The van der Waals surface area contributed by atoms with Crippen LogP contribution in [-0.2, 0) is 6.54 Å². The molecule has 0 saturated carbocycles. The van der Waals surface area contributed by atoms with Gasteiger partial charge in [0.2, 0.25) is 0 Å². The van der Waals surface area contributed by atoms with E-state index in [0.717, 1.165) is 68.5 Å². The minimum Gasteiger partial charge on any atom is -0.494 e. The number of unbranched alkanes of at least 4 members (excludes halogenated alkanes) is 1. The number of imidazole rings is 1. The van der Waals surface area contributed by atoms with Gasteiger partial charge >= 0.3 is 0 Å². The van der Waals surface area contributed by atoms with E-state index in [2.05, 4.69) is 37.5 Å². The molecule has 7 nitrogen and oxygen atoms in total. The van der Waals surface area contributed by atoms with E-state index in [0.29, 0.717) is 19.8 Å². The molecule has 0 aliphatic carbocycles. The quantitative estimate of drug-likeness (QED) is 0.501. The number of benzene rings is 2. The molecule has 0 N–H and O–H groups in total. The number of hydrogen-bond acceptors (Lipinski definition) is 6. The van der Waals surface area contributed by atoms with Gasteiger partial charge in [0.1, 0.15) is 19.0 Å². The third-order valence-corrected chi connectivity index (χ3v) is 6.29. The molecule has 5 rings (SSSR count). The first-order valence-electron chi connectivity index (χ1n) is 11.7. The molecule has 2 aromatic carbocycles. The lowest BCUT2D eigenvalue weighted by molar-refractivity contribution is 0.171. The summed E-state index contributed by atoms with van der Waals surface area (Å²) in [6, 6.07) is 12.5. The van der Waals surface area contributed by atoms with E-state index < -0.39 is 0 Å². The van der Waals surface area contributed by atoms with Crippen LogP contribution in [-0.4, -0.2) is 67.0 Å². The summed E-state index contributed by atoms with van der Waals surface area (Å²) in [4.78, 5) is 9.57. The lowest BCUT2D eigenvalue weighted by Crippen LogP contribution is -2.46. The molecular formula is C25H32N4O3. The van der Waals surface area contributed by atoms with Crippen molar-refractivity contribution in [2.75, 3.05) is 57.4 Å². The Labute approximate surface area is 189 Å². The van der Waals surface area contributed by atoms with Crippen LogP contribution >= 0.6 is 0 Å². The molecule has 1 aromatic heterocycles. The van der Waals surface area contributed by atoms with Crippen molar-refractivity contribution in [3.05, 3.63) is 42.7 Å². The highest BCUT2D eigenvalue weighted by Gasteiger charge is 2.19. The van der Waals surface area contributed by atoms with Crippen LogP contribution in [0.1, 0.15) is 19.8 Å². The summed E-state index contributed by atoms with van der Waals surface area (Å²) in [7, 11) is 0. The maximum absolute atomic E-state index is 5.74. The molecule has 170 valence electrons. The number of hydrogen-bond donors (Lipinski definition) is 0. The number of aromatic nitrogens is 2. The number of fused-ring (bicyclic) bond motifs is 2. The van der Waals surface area contributed by atoms with Gasteiger partial charge in [-0.25, -0.2) is 4.98 Å². The summed E-state index contributed by atoms with van der Waals surface area (Å²) < 4.78 is 19.2.